The normalized spacial score (nSPS) is 17.7. The molecule has 0 aliphatic carbocycles. The lowest BCUT2D eigenvalue weighted by atomic mass is 9.74. The summed E-state index contributed by atoms with van der Waals surface area (Å²) >= 11 is 0. The molecule has 0 saturated carbocycles. The van der Waals surface area contributed by atoms with E-state index in [4.69, 9.17) is 4.74 Å². The summed E-state index contributed by atoms with van der Waals surface area (Å²) in [6, 6.07) is 16.0. The molecule has 0 radical (unpaired) electrons. The highest BCUT2D eigenvalue weighted by molar-refractivity contribution is 7.92. The third-order valence-corrected chi connectivity index (χ3v) is 10.7. The maximum absolute atomic E-state index is 13.7. The van der Waals surface area contributed by atoms with E-state index in [9.17, 15) is 21.6 Å². The molecule has 2 aliphatic heterocycles. The average molecular weight is 607 g/mol. The Hall–Kier alpha value is -2.51. The van der Waals surface area contributed by atoms with E-state index < -0.39 is 26.1 Å². The van der Waals surface area contributed by atoms with Crippen molar-refractivity contribution in [1.29, 1.82) is 0 Å². The third-order valence-electron chi connectivity index (χ3n) is 8.21. The average Bonchev–Trinajstić information content (AvgIpc) is 3.28. The molecular weight excluding hydrogens is 564 g/mol. The lowest BCUT2D eigenvalue weighted by Gasteiger charge is -2.40. The van der Waals surface area contributed by atoms with E-state index in [2.05, 4.69) is 4.72 Å². The van der Waals surface area contributed by atoms with Crippen LogP contribution in [0, 0.1) is 0 Å². The number of fused-ring (bicyclic) bond motifs is 2. The molecule has 2 aromatic carbocycles. The largest absolute Gasteiger partial charge is 0.375 e. The summed E-state index contributed by atoms with van der Waals surface area (Å²) in [6.07, 6.45) is 2.37. The lowest BCUT2D eigenvalue weighted by Crippen LogP contribution is -2.55. The van der Waals surface area contributed by atoms with Crippen LogP contribution in [0.3, 0.4) is 0 Å². The van der Waals surface area contributed by atoms with E-state index in [0.717, 1.165) is 24.2 Å². The van der Waals surface area contributed by atoms with Gasteiger partial charge < -0.3 is 14.5 Å². The molecule has 0 aromatic heterocycles. The van der Waals surface area contributed by atoms with E-state index in [-0.39, 0.29) is 30.3 Å². The van der Waals surface area contributed by atoms with Crippen LogP contribution < -0.4 is 9.03 Å². The van der Waals surface area contributed by atoms with E-state index in [0.29, 0.717) is 44.7 Å². The van der Waals surface area contributed by atoms with Crippen LogP contribution in [0.4, 0.5) is 5.69 Å². The quantitative estimate of drug-likeness (QED) is 0.372. The van der Waals surface area contributed by atoms with Crippen LogP contribution in [0.1, 0.15) is 37.8 Å². The predicted octanol–water partition coefficient (Wildman–Crippen LogP) is 2.17. The number of carbonyl (C=O) groups is 1. The number of amides is 1. The highest BCUT2D eigenvalue weighted by Gasteiger charge is 2.48. The second kappa shape index (κ2) is 13.2. The van der Waals surface area contributed by atoms with Crippen molar-refractivity contribution in [2.45, 2.75) is 44.8 Å². The molecule has 2 aromatic rings. The van der Waals surface area contributed by atoms with Crippen molar-refractivity contribution in [3.05, 3.63) is 65.7 Å². The van der Waals surface area contributed by atoms with E-state index in [1.807, 2.05) is 73.3 Å². The van der Waals surface area contributed by atoms with Crippen LogP contribution in [0.5, 0.6) is 0 Å². The number of sulfonamides is 2. The van der Waals surface area contributed by atoms with Gasteiger partial charge in [0, 0.05) is 31.6 Å². The number of ether oxygens (including phenoxy) is 1. The minimum Gasteiger partial charge on any atom is -0.375 e. The molecule has 1 N–H and O–H groups in total. The van der Waals surface area contributed by atoms with Crippen LogP contribution >= 0.6 is 0 Å². The molecule has 226 valence electrons. The third kappa shape index (κ3) is 7.66. The Morgan fingerprint density at radius 2 is 1.63 bits per heavy atom. The van der Waals surface area contributed by atoms with Crippen molar-refractivity contribution >= 4 is 31.6 Å². The summed E-state index contributed by atoms with van der Waals surface area (Å²) in [7, 11) is -7.20. The van der Waals surface area contributed by atoms with Crippen molar-refractivity contribution in [1.82, 2.24) is 14.5 Å². The number of likely N-dealkylation sites (tertiary alicyclic amines) is 1. The maximum Gasteiger partial charge on any atom is 0.243 e. The standard InChI is InChI=1S/C29H42N4O6S2/c1-4-31(5-2)19-20-41(37,38)30-26(22-39-21-24-11-7-6-8-12-24)28(34)32-17-15-29(16-18-32)23-33(40(3,35)36)27-14-10-9-13-25(27)29/h6-14,26,30H,4-5,15-23H2,1-3H3/t26-/m0/s1. The van der Waals surface area contributed by atoms with E-state index in [1.165, 1.54) is 10.6 Å². The number of piperidine rings is 1. The highest BCUT2D eigenvalue weighted by Crippen LogP contribution is 2.47. The van der Waals surface area contributed by atoms with Crippen LogP contribution in [-0.4, -0.2) is 96.5 Å². The second-order valence-electron chi connectivity index (χ2n) is 10.9. The summed E-state index contributed by atoms with van der Waals surface area (Å²) in [5, 5.41) is 0. The summed E-state index contributed by atoms with van der Waals surface area (Å²) in [5.41, 5.74) is 2.22. The van der Waals surface area contributed by atoms with Crippen LogP contribution in [-0.2, 0) is 41.6 Å². The minimum atomic E-state index is -3.75. The fourth-order valence-electron chi connectivity index (χ4n) is 5.77. The lowest BCUT2D eigenvalue weighted by molar-refractivity contribution is -0.136. The first kappa shape index (κ1) is 31.4. The number of carbonyl (C=O) groups excluding carboxylic acids is 1. The van der Waals surface area contributed by atoms with E-state index in [1.54, 1.807) is 4.90 Å². The fraction of sp³-hybridized carbons (Fsp3) is 0.552. The first-order valence-corrected chi connectivity index (χ1v) is 17.7. The van der Waals surface area contributed by atoms with Gasteiger partial charge in [-0.05, 0) is 43.1 Å². The number of anilines is 1. The van der Waals surface area contributed by atoms with Gasteiger partial charge in [-0.1, -0.05) is 62.4 Å². The topological polar surface area (TPSA) is 116 Å². The summed E-state index contributed by atoms with van der Waals surface area (Å²) in [4.78, 5) is 17.4. The fourth-order valence-corrected chi connectivity index (χ4v) is 7.99. The molecule has 1 saturated heterocycles. The zero-order valence-electron chi connectivity index (χ0n) is 24.2. The smallest absolute Gasteiger partial charge is 0.243 e. The molecule has 0 bridgehead atoms. The summed E-state index contributed by atoms with van der Waals surface area (Å²) < 4.78 is 61.1. The van der Waals surface area contributed by atoms with Gasteiger partial charge in [0.15, 0.2) is 0 Å². The van der Waals surface area contributed by atoms with Crippen molar-refractivity contribution in [2.24, 2.45) is 0 Å². The second-order valence-corrected chi connectivity index (χ2v) is 14.7. The van der Waals surface area contributed by atoms with Gasteiger partial charge in [-0.2, -0.15) is 0 Å². The Bertz CT molecular complexity index is 1390. The van der Waals surface area contributed by atoms with Crippen LogP contribution in [0.2, 0.25) is 0 Å². The zero-order valence-corrected chi connectivity index (χ0v) is 25.8. The molecule has 0 unspecified atom stereocenters. The number of hydrogen-bond acceptors (Lipinski definition) is 7. The molecule has 12 heteroatoms. The van der Waals surface area contributed by atoms with Crippen molar-refractivity contribution < 1.29 is 26.4 Å². The van der Waals surface area contributed by atoms with Gasteiger partial charge in [0.05, 0.1) is 30.9 Å². The summed E-state index contributed by atoms with van der Waals surface area (Å²) in [5.74, 6) is -0.441. The molecule has 2 heterocycles. The monoisotopic (exact) mass is 606 g/mol. The molecule has 1 spiro atoms. The van der Waals surface area contributed by atoms with Crippen molar-refractivity contribution in [2.75, 3.05) is 62.2 Å². The van der Waals surface area contributed by atoms with Gasteiger partial charge in [-0.15, -0.1) is 0 Å². The molecule has 2 aliphatic rings. The Kier molecular flexibility index (Phi) is 10.1. The molecule has 41 heavy (non-hydrogen) atoms. The molecule has 4 rings (SSSR count). The van der Waals surface area contributed by atoms with Gasteiger partial charge in [0.2, 0.25) is 26.0 Å². The molecule has 1 atom stereocenters. The molecule has 1 fully saturated rings. The van der Waals surface area contributed by atoms with Gasteiger partial charge in [0.25, 0.3) is 0 Å². The van der Waals surface area contributed by atoms with E-state index >= 15 is 0 Å². The van der Waals surface area contributed by atoms with Crippen LogP contribution in [0.25, 0.3) is 0 Å². The van der Waals surface area contributed by atoms with Gasteiger partial charge in [-0.3, -0.25) is 9.10 Å². The maximum atomic E-state index is 13.7. The number of nitrogens with zero attached hydrogens (tertiary/aromatic N) is 3. The summed E-state index contributed by atoms with van der Waals surface area (Å²) in [6.45, 7) is 7.10. The molecule has 10 nitrogen and oxygen atoms in total. The Balaban J connectivity index is 1.46. The number of benzene rings is 2. The number of rotatable bonds is 13. The Morgan fingerprint density at radius 3 is 2.27 bits per heavy atom. The van der Waals surface area contributed by atoms with Crippen molar-refractivity contribution in [3.8, 4) is 0 Å². The van der Waals surface area contributed by atoms with Crippen LogP contribution in [0.15, 0.2) is 54.6 Å². The van der Waals surface area contributed by atoms with Gasteiger partial charge >= 0.3 is 0 Å². The Labute approximate surface area is 244 Å². The first-order valence-electron chi connectivity index (χ1n) is 14.2. The predicted molar refractivity (Wildman–Crippen MR) is 161 cm³/mol. The van der Waals surface area contributed by atoms with Crippen molar-refractivity contribution in [3.63, 3.8) is 0 Å². The molecule has 1 amide bonds. The van der Waals surface area contributed by atoms with Gasteiger partial charge in [-0.25, -0.2) is 21.6 Å². The van der Waals surface area contributed by atoms with Gasteiger partial charge in [0.1, 0.15) is 6.04 Å². The SMILES string of the molecule is CCN(CC)CCS(=O)(=O)N[C@@H](COCc1ccccc1)C(=O)N1CCC2(CC1)CN(S(C)(=O)=O)c1ccccc12. The highest BCUT2D eigenvalue weighted by atomic mass is 32.2. The molecular formula is C29H42N4O6S2. The first-order chi connectivity index (χ1) is 19.5. The number of hydrogen-bond donors (Lipinski definition) is 1. The number of nitrogens with one attached hydrogen (secondary N) is 1. The zero-order chi connectivity index (χ0) is 29.7. The Morgan fingerprint density at radius 1 is 1.00 bits per heavy atom. The minimum absolute atomic E-state index is 0.0927. The number of para-hydroxylation sites is 1.